The van der Waals surface area contributed by atoms with E-state index in [1.165, 1.54) is 0 Å². The van der Waals surface area contributed by atoms with Crippen LogP contribution < -0.4 is 11.1 Å². The quantitative estimate of drug-likeness (QED) is 0.915. The van der Waals surface area contributed by atoms with Crippen molar-refractivity contribution >= 4 is 27.5 Å². The lowest BCUT2D eigenvalue weighted by molar-refractivity contribution is 0.0995. The molecular formula is C13H13BrN2O2. The van der Waals surface area contributed by atoms with Crippen LogP contribution in [0.5, 0.6) is 0 Å². The first kappa shape index (κ1) is 12.9. The fraction of sp³-hybridized carbons (Fsp3) is 0.154. The number of halogens is 1. The third kappa shape index (κ3) is 2.80. The summed E-state index contributed by atoms with van der Waals surface area (Å²) in [5, 5.41) is 2.78. The van der Waals surface area contributed by atoms with Crippen molar-refractivity contribution in [2.24, 2.45) is 5.73 Å². The van der Waals surface area contributed by atoms with Gasteiger partial charge in [0.2, 0.25) is 0 Å². The Balaban J connectivity index is 2.18. The van der Waals surface area contributed by atoms with Gasteiger partial charge in [0.25, 0.3) is 5.91 Å². The molecule has 1 aromatic carbocycles. The zero-order chi connectivity index (χ0) is 13.1. The number of hydrogen-bond acceptors (Lipinski definition) is 3. The van der Waals surface area contributed by atoms with Crippen LogP contribution in [0.2, 0.25) is 0 Å². The molecule has 0 unspecified atom stereocenters. The molecule has 0 saturated heterocycles. The van der Waals surface area contributed by atoms with Gasteiger partial charge in [0.15, 0.2) is 5.76 Å². The number of amides is 1. The summed E-state index contributed by atoms with van der Waals surface area (Å²) in [7, 11) is 0. The van der Waals surface area contributed by atoms with E-state index < -0.39 is 0 Å². The summed E-state index contributed by atoms with van der Waals surface area (Å²) in [6, 6.07) is 9.04. The number of carbonyl (C=O) groups is 1. The van der Waals surface area contributed by atoms with Crippen LogP contribution in [-0.2, 0) is 6.54 Å². The Morgan fingerprint density at radius 1 is 1.39 bits per heavy atom. The van der Waals surface area contributed by atoms with Crippen LogP contribution >= 0.6 is 15.9 Å². The van der Waals surface area contributed by atoms with Crippen molar-refractivity contribution in [2.45, 2.75) is 13.5 Å². The van der Waals surface area contributed by atoms with Crippen molar-refractivity contribution in [3.63, 3.8) is 0 Å². The second kappa shape index (κ2) is 5.37. The van der Waals surface area contributed by atoms with Crippen LogP contribution in [0, 0.1) is 6.92 Å². The molecule has 1 aromatic heterocycles. The van der Waals surface area contributed by atoms with Gasteiger partial charge >= 0.3 is 0 Å². The van der Waals surface area contributed by atoms with Crippen LogP contribution in [-0.4, -0.2) is 5.91 Å². The number of nitrogens with two attached hydrogens (primary N) is 1. The monoisotopic (exact) mass is 308 g/mol. The minimum Gasteiger partial charge on any atom is -0.455 e. The van der Waals surface area contributed by atoms with E-state index in [-0.39, 0.29) is 18.2 Å². The van der Waals surface area contributed by atoms with Crippen molar-refractivity contribution in [1.29, 1.82) is 0 Å². The van der Waals surface area contributed by atoms with Gasteiger partial charge in [-0.3, -0.25) is 4.79 Å². The normalized spacial score (nSPS) is 10.4. The van der Waals surface area contributed by atoms with E-state index in [0.29, 0.717) is 11.4 Å². The second-order valence-corrected chi connectivity index (χ2v) is 4.76. The van der Waals surface area contributed by atoms with Crippen LogP contribution in [0.3, 0.4) is 0 Å². The summed E-state index contributed by atoms with van der Waals surface area (Å²) in [5.74, 6) is 0.549. The zero-order valence-corrected chi connectivity index (χ0v) is 11.5. The van der Waals surface area contributed by atoms with Gasteiger partial charge in [-0.05, 0) is 52.7 Å². The van der Waals surface area contributed by atoms with Crippen molar-refractivity contribution in [3.05, 3.63) is 51.9 Å². The first-order valence-corrected chi connectivity index (χ1v) is 6.25. The highest BCUT2D eigenvalue weighted by molar-refractivity contribution is 9.10. The topological polar surface area (TPSA) is 68.3 Å². The van der Waals surface area contributed by atoms with Crippen molar-refractivity contribution < 1.29 is 9.21 Å². The SMILES string of the molecule is Cc1ccc(Br)c(NC(=O)c2ccc(CN)o2)c1. The maximum absolute atomic E-state index is 11.9. The van der Waals surface area contributed by atoms with E-state index in [9.17, 15) is 4.79 Å². The average Bonchev–Trinajstić information content (AvgIpc) is 2.82. The highest BCUT2D eigenvalue weighted by atomic mass is 79.9. The van der Waals surface area contributed by atoms with E-state index >= 15 is 0 Å². The molecule has 18 heavy (non-hydrogen) atoms. The number of nitrogens with one attached hydrogen (secondary N) is 1. The first-order valence-electron chi connectivity index (χ1n) is 5.46. The van der Waals surface area contributed by atoms with Gasteiger partial charge in [0.05, 0.1) is 12.2 Å². The van der Waals surface area contributed by atoms with Crippen LogP contribution in [0.25, 0.3) is 0 Å². The lowest BCUT2D eigenvalue weighted by Gasteiger charge is -2.06. The number of furan rings is 1. The van der Waals surface area contributed by atoms with Crippen molar-refractivity contribution in [3.8, 4) is 0 Å². The maximum atomic E-state index is 11.9. The number of rotatable bonds is 3. The molecule has 4 nitrogen and oxygen atoms in total. The molecule has 0 spiro atoms. The summed E-state index contributed by atoms with van der Waals surface area (Å²) in [6.45, 7) is 2.24. The summed E-state index contributed by atoms with van der Waals surface area (Å²) in [5.41, 5.74) is 7.21. The average molecular weight is 309 g/mol. The molecule has 0 saturated carbocycles. The molecule has 0 atom stereocenters. The standard InChI is InChI=1S/C13H13BrN2O2/c1-8-2-4-10(14)11(6-8)16-13(17)12-5-3-9(7-15)18-12/h2-6H,7,15H2,1H3,(H,16,17). The second-order valence-electron chi connectivity index (χ2n) is 3.91. The van der Waals surface area contributed by atoms with Gasteiger partial charge < -0.3 is 15.5 Å². The third-order valence-corrected chi connectivity index (χ3v) is 3.15. The van der Waals surface area contributed by atoms with E-state index in [1.54, 1.807) is 12.1 Å². The number of anilines is 1. The zero-order valence-electron chi connectivity index (χ0n) is 9.87. The predicted molar refractivity (Wildman–Crippen MR) is 73.4 cm³/mol. The van der Waals surface area contributed by atoms with Gasteiger partial charge in [-0.2, -0.15) is 0 Å². The molecule has 2 rings (SSSR count). The lowest BCUT2D eigenvalue weighted by atomic mass is 10.2. The lowest BCUT2D eigenvalue weighted by Crippen LogP contribution is -2.11. The Kier molecular flexibility index (Phi) is 3.84. The molecule has 3 N–H and O–H groups in total. The molecule has 0 bridgehead atoms. The summed E-state index contributed by atoms with van der Waals surface area (Å²) in [6.07, 6.45) is 0. The van der Waals surface area contributed by atoms with Gasteiger partial charge in [0, 0.05) is 4.47 Å². The minimum absolute atomic E-state index is 0.254. The Morgan fingerprint density at radius 3 is 2.83 bits per heavy atom. The Morgan fingerprint density at radius 2 is 2.17 bits per heavy atom. The van der Waals surface area contributed by atoms with E-state index in [1.807, 2.05) is 25.1 Å². The number of hydrogen-bond donors (Lipinski definition) is 2. The molecule has 0 radical (unpaired) electrons. The van der Waals surface area contributed by atoms with Crippen LogP contribution in [0.4, 0.5) is 5.69 Å². The minimum atomic E-state index is -0.291. The Hall–Kier alpha value is -1.59. The molecule has 0 aliphatic heterocycles. The fourth-order valence-electron chi connectivity index (χ4n) is 1.53. The largest absolute Gasteiger partial charge is 0.455 e. The summed E-state index contributed by atoms with van der Waals surface area (Å²) in [4.78, 5) is 11.9. The first-order chi connectivity index (χ1) is 8.60. The van der Waals surface area contributed by atoms with E-state index in [2.05, 4.69) is 21.2 Å². The van der Waals surface area contributed by atoms with Crippen molar-refractivity contribution in [1.82, 2.24) is 0 Å². The maximum Gasteiger partial charge on any atom is 0.291 e. The third-order valence-electron chi connectivity index (χ3n) is 2.46. The number of carbonyl (C=O) groups excluding carboxylic acids is 1. The summed E-state index contributed by atoms with van der Waals surface area (Å²) < 4.78 is 6.11. The molecule has 94 valence electrons. The molecule has 2 aromatic rings. The van der Waals surface area contributed by atoms with Crippen molar-refractivity contribution in [2.75, 3.05) is 5.32 Å². The molecule has 5 heteroatoms. The molecule has 0 aliphatic rings. The number of aryl methyl sites for hydroxylation is 1. The predicted octanol–water partition coefficient (Wildman–Crippen LogP) is 3.06. The molecule has 0 fully saturated rings. The Labute approximate surface area is 113 Å². The highest BCUT2D eigenvalue weighted by Gasteiger charge is 2.12. The smallest absolute Gasteiger partial charge is 0.291 e. The van der Waals surface area contributed by atoms with Gasteiger partial charge in [-0.15, -0.1) is 0 Å². The van der Waals surface area contributed by atoms with Gasteiger partial charge in [-0.1, -0.05) is 6.07 Å². The van der Waals surface area contributed by atoms with Crippen LogP contribution in [0.15, 0.2) is 39.2 Å². The molecular weight excluding hydrogens is 296 g/mol. The molecule has 1 amide bonds. The van der Waals surface area contributed by atoms with E-state index in [4.69, 9.17) is 10.2 Å². The van der Waals surface area contributed by atoms with Gasteiger partial charge in [-0.25, -0.2) is 0 Å². The molecule has 0 aliphatic carbocycles. The highest BCUT2D eigenvalue weighted by Crippen LogP contribution is 2.24. The van der Waals surface area contributed by atoms with Gasteiger partial charge in [0.1, 0.15) is 5.76 Å². The van der Waals surface area contributed by atoms with E-state index in [0.717, 1.165) is 10.0 Å². The fourth-order valence-corrected chi connectivity index (χ4v) is 1.87. The van der Waals surface area contributed by atoms with Crippen LogP contribution in [0.1, 0.15) is 21.9 Å². The molecule has 1 heterocycles. The Bertz CT molecular complexity index is 578. The summed E-state index contributed by atoms with van der Waals surface area (Å²) >= 11 is 3.39. The number of benzene rings is 1.